The average Bonchev–Trinajstić information content (AvgIpc) is 3.11. The highest BCUT2D eigenvalue weighted by Gasteiger charge is 2.36. The number of unbranched alkanes of at least 4 members (excludes halogenated alkanes) is 6. The Bertz CT molecular complexity index is 723. The second-order valence-electron chi connectivity index (χ2n) is 8.70. The average molecular weight is 592 g/mol. The number of ether oxygens (including phenoxy) is 1. The number of nitrogens with one attached hydrogen (secondary N) is 1. The van der Waals surface area contributed by atoms with Gasteiger partial charge in [-0.25, -0.2) is 0 Å². The van der Waals surface area contributed by atoms with Gasteiger partial charge in [-0.15, -0.1) is 0 Å². The molecule has 0 saturated carbocycles. The number of aliphatic hydroxyl groups is 1. The van der Waals surface area contributed by atoms with E-state index in [2.05, 4.69) is 9.84 Å². The second-order valence-corrected chi connectivity index (χ2v) is 13.7. The Kier molecular flexibility index (Phi) is 20.5. The Hall–Kier alpha value is 0.355. The summed E-state index contributed by atoms with van der Waals surface area (Å²) < 4.78 is 57.6. The standard InChI is InChI=1S/C13H28BNO8P2.C7H17O4P/c1-15-7-5-3-4-6-8-20-25(18,19)21-10-12-11(9-13(14)22-12)23-24(2,16)17;1-12(9,10)11-7-5-3-2-4-6-8/h11-13,15H,3-10H2,1-2H3,(H,16,17)(H,18,19);8H,2-7H2,1H3,(H,9,10)/p-3. The fourth-order valence-electron chi connectivity index (χ4n) is 3.19. The van der Waals surface area contributed by atoms with E-state index in [0.29, 0.717) is 6.42 Å². The van der Waals surface area contributed by atoms with Gasteiger partial charge in [-0.05, 0) is 45.7 Å². The summed E-state index contributed by atoms with van der Waals surface area (Å²) in [5.41, 5.74) is 0. The normalized spacial score (nSPS) is 24.5. The van der Waals surface area contributed by atoms with E-state index in [4.69, 9.17) is 31.3 Å². The molecule has 17 heteroatoms. The van der Waals surface area contributed by atoms with E-state index in [9.17, 15) is 28.4 Å². The van der Waals surface area contributed by atoms with E-state index < -0.39 is 47.8 Å². The van der Waals surface area contributed by atoms with Gasteiger partial charge >= 0.3 is 0 Å². The van der Waals surface area contributed by atoms with E-state index >= 15 is 0 Å². The molecule has 13 nitrogen and oxygen atoms in total. The summed E-state index contributed by atoms with van der Waals surface area (Å²) in [7, 11) is -4.55. The van der Waals surface area contributed by atoms with E-state index in [1.54, 1.807) is 0 Å². The minimum atomic E-state index is -4.49. The van der Waals surface area contributed by atoms with E-state index in [1.165, 1.54) is 0 Å². The Balaban J connectivity index is 0.000000908. The largest absolute Gasteiger partial charge is 0.779 e. The molecular weight excluding hydrogens is 550 g/mol. The van der Waals surface area contributed by atoms with Crippen LogP contribution in [-0.2, 0) is 36.5 Å². The minimum Gasteiger partial charge on any atom is -0.779 e. The summed E-state index contributed by atoms with van der Waals surface area (Å²) in [4.78, 5) is 33.4. The lowest BCUT2D eigenvalue weighted by Crippen LogP contribution is -2.30. The molecule has 6 unspecified atom stereocenters. The fourth-order valence-corrected chi connectivity index (χ4v) is 5.12. The third-order valence-electron chi connectivity index (χ3n) is 4.90. The molecule has 0 bridgehead atoms. The number of aliphatic hydroxyl groups excluding tert-OH is 1. The van der Waals surface area contributed by atoms with Gasteiger partial charge in [0.05, 0.1) is 25.9 Å². The molecule has 220 valence electrons. The molecule has 1 heterocycles. The van der Waals surface area contributed by atoms with Crippen LogP contribution in [0.15, 0.2) is 0 Å². The van der Waals surface area contributed by atoms with Gasteiger partial charge in [0.25, 0.3) is 7.82 Å². The van der Waals surface area contributed by atoms with Crippen molar-refractivity contribution >= 4 is 30.9 Å². The first-order chi connectivity index (χ1) is 17.2. The summed E-state index contributed by atoms with van der Waals surface area (Å²) in [5, 5.41) is 11.5. The molecule has 0 spiro atoms. The van der Waals surface area contributed by atoms with Crippen molar-refractivity contribution in [3.8, 4) is 0 Å². The zero-order valence-electron chi connectivity index (χ0n) is 22.0. The summed E-state index contributed by atoms with van der Waals surface area (Å²) in [6, 6.07) is -0.741. The van der Waals surface area contributed by atoms with Crippen molar-refractivity contribution in [1.82, 2.24) is 5.32 Å². The van der Waals surface area contributed by atoms with Crippen LogP contribution in [0.3, 0.4) is 0 Å². The van der Waals surface area contributed by atoms with Gasteiger partial charge in [-0.2, -0.15) is 0 Å². The van der Waals surface area contributed by atoms with Crippen molar-refractivity contribution in [3.05, 3.63) is 0 Å². The molecule has 1 fully saturated rings. The van der Waals surface area contributed by atoms with E-state index in [0.717, 1.165) is 64.8 Å². The van der Waals surface area contributed by atoms with Crippen molar-refractivity contribution in [2.45, 2.75) is 76.0 Å². The zero-order chi connectivity index (χ0) is 28.4. The van der Waals surface area contributed by atoms with Crippen molar-refractivity contribution in [2.75, 3.05) is 53.3 Å². The fraction of sp³-hybridized carbons (Fsp3) is 1.00. The van der Waals surface area contributed by atoms with Gasteiger partial charge in [0, 0.05) is 25.9 Å². The van der Waals surface area contributed by atoms with Gasteiger partial charge in [-0.1, -0.05) is 25.7 Å². The highest BCUT2D eigenvalue weighted by molar-refractivity contribution is 7.50. The maximum Gasteiger partial charge on any atom is 0.267 e. The number of rotatable bonds is 20. The molecule has 1 rings (SSSR count). The van der Waals surface area contributed by atoms with Gasteiger partial charge in [-0.3, -0.25) is 4.57 Å². The smallest absolute Gasteiger partial charge is 0.267 e. The monoisotopic (exact) mass is 592 g/mol. The summed E-state index contributed by atoms with van der Waals surface area (Å²) in [5.74, 6) is 0. The van der Waals surface area contributed by atoms with Crippen LogP contribution in [0.25, 0.3) is 0 Å². The van der Waals surface area contributed by atoms with Crippen LogP contribution in [-0.4, -0.2) is 84.5 Å². The molecule has 1 aliphatic heterocycles. The molecule has 0 aromatic rings. The number of phosphoric ester groups is 1. The van der Waals surface area contributed by atoms with Crippen molar-refractivity contribution < 1.29 is 56.3 Å². The lowest BCUT2D eigenvalue weighted by atomic mass is 9.96. The lowest BCUT2D eigenvalue weighted by molar-refractivity contribution is -0.228. The molecule has 6 atom stereocenters. The van der Waals surface area contributed by atoms with Gasteiger partial charge in [0.1, 0.15) is 29.1 Å². The van der Waals surface area contributed by atoms with Crippen LogP contribution in [0.4, 0.5) is 0 Å². The second kappa shape index (κ2) is 20.3. The Morgan fingerprint density at radius 3 is 2.00 bits per heavy atom. The van der Waals surface area contributed by atoms with E-state index in [-0.39, 0.29) is 26.2 Å². The predicted octanol–water partition coefficient (Wildman–Crippen LogP) is 0.859. The number of hydrogen-bond donors (Lipinski definition) is 2. The minimum absolute atomic E-state index is 0.0377. The Morgan fingerprint density at radius 2 is 1.46 bits per heavy atom. The number of phosphoric acid groups is 1. The summed E-state index contributed by atoms with van der Waals surface area (Å²) >= 11 is 0. The maximum atomic E-state index is 11.7. The highest BCUT2D eigenvalue weighted by atomic mass is 31.2. The van der Waals surface area contributed by atoms with Crippen molar-refractivity contribution in [2.24, 2.45) is 0 Å². The lowest BCUT2D eigenvalue weighted by Gasteiger charge is -2.28. The van der Waals surface area contributed by atoms with Crippen LogP contribution < -0.4 is 20.0 Å². The van der Waals surface area contributed by atoms with Crippen LogP contribution >= 0.6 is 23.0 Å². The Labute approximate surface area is 222 Å². The van der Waals surface area contributed by atoms with E-state index in [1.807, 2.05) is 7.05 Å². The Morgan fingerprint density at radius 1 is 0.892 bits per heavy atom. The molecule has 1 saturated heterocycles. The van der Waals surface area contributed by atoms with Crippen LogP contribution in [0, 0.1) is 0 Å². The molecule has 37 heavy (non-hydrogen) atoms. The van der Waals surface area contributed by atoms with Gasteiger partial charge in [0.15, 0.2) is 0 Å². The highest BCUT2D eigenvalue weighted by Crippen LogP contribution is 2.42. The molecule has 0 aromatic carbocycles. The topological polar surface area (TPSA) is 199 Å². The first kappa shape index (κ1) is 37.4. The molecule has 0 aliphatic carbocycles. The van der Waals surface area contributed by atoms with Crippen molar-refractivity contribution in [3.63, 3.8) is 0 Å². The first-order valence-corrected chi connectivity index (χ1v) is 17.8. The number of hydrogen-bond acceptors (Lipinski definition) is 13. The molecule has 2 radical (unpaired) electrons. The molecule has 2 N–H and O–H groups in total. The summed E-state index contributed by atoms with van der Waals surface area (Å²) in [6.07, 6.45) is 5.15. The quantitative estimate of drug-likeness (QED) is 0.115. The van der Waals surface area contributed by atoms with Crippen molar-refractivity contribution in [1.29, 1.82) is 0 Å². The maximum absolute atomic E-state index is 11.7. The van der Waals surface area contributed by atoms with Gasteiger partial charge < -0.3 is 57.1 Å². The summed E-state index contributed by atoms with van der Waals surface area (Å²) in [6.45, 7) is 3.01. The third kappa shape index (κ3) is 23.9. The molecular formula is C20H42BNO12P3-3. The predicted molar refractivity (Wildman–Crippen MR) is 134 cm³/mol. The SMILES string of the molecule is CP(=O)([O-])OCCCCCCO.[B]C1CC(OP(C)(=O)[O-])C(COP(=O)([O-])OCCCCCCNC)O1. The van der Waals surface area contributed by atoms with Crippen LogP contribution in [0.5, 0.6) is 0 Å². The zero-order valence-corrected chi connectivity index (χ0v) is 24.7. The first-order valence-electron chi connectivity index (χ1n) is 12.4. The van der Waals surface area contributed by atoms with Crippen LogP contribution in [0.1, 0.15) is 57.8 Å². The van der Waals surface area contributed by atoms with Gasteiger partial charge in [0.2, 0.25) is 0 Å². The molecule has 0 amide bonds. The molecule has 0 aromatic heterocycles. The third-order valence-corrected chi connectivity index (χ3v) is 7.17. The molecule has 1 aliphatic rings. The van der Waals surface area contributed by atoms with Crippen LogP contribution in [0.2, 0.25) is 0 Å².